The minimum absolute atomic E-state index is 0.291. The van der Waals surface area contributed by atoms with Crippen molar-refractivity contribution >= 4 is 5.91 Å². The van der Waals surface area contributed by atoms with Crippen molar-refractivity contribution in [3.05, 3.63) is 0 Å². The Bertz CT molecular complexity index is 222. The van der Waals surface area contributed by atoms with Crippen LogP contribution < -0.4 is 0 Å². The van der Waals surface area contributed by atoms with Crippen molar-refractivity contribution in [1.29, 1.82) is 0 Å². The molecule has 2 rings (SSSR count). The third-order valence-electron chi connectivity index (χ3n) is 4.08. The van der Waals surface area contributed by atoms with Gasteiger partial charge in [-0.25, -0.2) is 0 Å². The first-order valence-electron chi connectivity index (χ1n) is 5.88. The monoisotopic (exact) mass is 195 g/mol. The highest BCUT2D eigenvalue weighted by molar-refractivity contribution is 5.74. The largest absolute Gasteiger partial charge is 0.337 e. The highest BCUT2D eigenvalue weighted by atomic mass is 16.2. The molecule has 80 valence electrons. The third-order valence-corrected chi connectivity index (χ3v) is 4.08. The van der Waals surface area contributed by atoms with Crippen molar-refractivity contribution in [1.82, 2.24) is 4.90 Å². The number of carbonyl (C=O) groups excluding carboxylic acids is 1. The Morgan fingerprint density at radius 2 is 1.71 bits per heavy atom. The summed E-state index contributed by atoms with van der Waals surface area (Å²) in [7, 11) is 0. The van der Waals surface area contributed by atoms with Crippen LogP contribution in [0, 0.1) is 11.8 Å². The molecule has 14 heavy (non-hydrogen) atoms. The second-order valence-electron chi connectivity index (χ2n) is 5.29. The SMILES string of the molecule is CC(=O)N1C2CCC1CC(C(C)C)C2. The summed E-state index contributed by atoms with van der Waals surface area (Å²) in [4.78, 5) is 13.6. The summed E-state index contributed by atoms with van der Waals surface area (Å²) < 4.78 is 0. The van der Waals surface area contributed by atoms with Crippen molar-refractivity contribution in [2.24, 2.45) is 11.8 Å². The van der Waals surface area contributed by atoms with Gasteiger partial charge < -0.3 is 4.90 Å². The second-order valence-corrected chi connectivity index (χ2v) is 5.29. The average Bonchev–Trinajstić information content (AvgIpc) is 2.37. The molecule has 0 aromatic carbocycles. The van der Waals surface area contributed by atoms with E-state index in [2.05, 4.69) is 18.7 Å². The maximum atomic E-state index is 11.5. The zero-order valence-electron chi connectivity index (χ0n) is 9.49. The predicted octanol–water partition coefficient (Wildman–Crippen LogP) is 2.43. The van der Waals surface area contributed by atoms with Gasteiger partial charge in [0.2, 0.25) is 5.91 Å². The molecule has 2 saturated heterocycles. The fourth-order valence-electron chi connectivity index (χ4n) is 3.28. The highest BCUT2D eigenvalue weighted by Crippen LogP contribution is 2.41. The lowest BCUT2D eigenvalue weighted by atomic mass is 9.82. The van der Waals surface area contributed by atoms with Gasteiger partial charge in [0.05, 0.1) is 0 Å². The van der Waals surface area contributed by atoms with E-state index in [1.807, 2.05) is 0 Å². The third kappa shape index (κ3) is 1.55. The van der Waals surface area contributed by atoms with Gasteiger partial charge in [-0.3, -0.25) is 4.79 Å². The van der Waals surface area contributed by atoms with Gasteiger partial charge in [0.25, 0.3) is 0 Å². The molecule has 2 heteroatoms. The molecule has 2 aliphatic heterocycles. The minimum atomic E-state index is 0.291. The van der Waals surface area contributed by atoms with Crippen LogP contribution in [-0.2, 0) is 4.79 Å². The molecule has 2 bridgehead atoms. The van der Waals surface area contributed by atoms with E-state index in [-0.39, 0.29) is 0 Å². The topological polar surface area (TPSA) is 20.3 Å². The summed E-state index contributed by atoms with van der Waals surface area (Å²) >= 11 is 0. The van der Waals surface area contributed by atoms with E-state index in [1.54, 1.807) is 6.92 Å². The van der Waals surface area contributed by atoms with Crippen molar-refractivity contribution in [3.63, 3.8) is 0 Å². The molecule has 0 spiro atoms. The van der Waals surface area contributed by atoms with Gasteiger partial charge in [-0.15, -0.1) is 0 Å². The molecular formula is C12H21NO. The fraction of sp³-hybridized carbons (Fsp3) is 0.917. The van der Waals surface area contributed by atoms with Crippen molar-refractivity contribution in [2.75, 3.05) is 0 Å². The van der Waals surface area contributed by atoms with E-state index in [9.17, 15) is 4.79 Å². The molecule has 2 heterocycles. The average molecular weight is 195 g/mol. The molecule has 2 nitrogen and oxygen atoms in total. The number of carbonyl (C=O) groups is 1. The summed E-state index contributed by atoms with van der Waals surface area (Å²) in [6, 6.07) is 1.14. The Morgan fingerprint density at radius 1 is 1.21 bits per heavy atom. The molecule has 2 unspecified atom stereocenters. The van der Waals surface area contributed by atoms with E-state index in [0.717, 1.165) is 11.8 Å². The van der Waals surface area contributed by atoms with Crippen LogP contribution in [0.4, 0.5) is 0 Å². The first kappa shape index (κ1) is 10.0. The molecule has 0 radical (unpaired) electrons. The number of hydrogen-bond acceptors (Lipinski definition) is 1. The van der Waals surface area contributed by atoms with Crippen LogP contribution in [-0.4, -0.2) is 22.9 Å². The van der Waals surface area contributed by atoms with E-state index < -0.39 is 0 Å². The lowest BCUT2D eigenvalue weighted by Crippen LogP contribution is -2.46. The molecule has 2 aliphatic rings. The highest BCUT2D eigenvalue weighted by Gasteiger charge is 2.42. The fourth-order valence-corrected chi connectivity index (χ4v) is 3.28. The van der Waals surface area contributed by atoms with Gasteiger partial charge in [-0.05, 0) is 37.5 Å². The maximum absolute atomic E-state index is 11.5. The van der Waals surface area contributed by atoms with Crippen molar-refractivity contribution in [3.8, 4) is 0 Å². The molecule has 2 fully saturated rings. The Hall–Kier alpha value is -0.530. The summed E-state index contributed by atoms with van der Waals surface area (Å²) in [5, 5.41) is 0. The normalized spacial score (nSPS) is 36.6. The summed E-state index contributed by atoms with van der Waals surface area (Å²) in [5.74, 6) is 1.93. The number of amides is 1. The smallest absolute Gasteiger partial charge is 0.219 e. The number of fused-ring (bicyclic) bond motifs is 2. The summed E-state index contributed by atoms with van der Waals surface area (Å²) in [6.45, 7) is 6.35. The summed E-state index contributed by atoms with van der Waals surface area (Å²) in [5.41, 5.74) is 0. The molecule has 0 N–H and O–H groups in total. The minimum Gasteiger partial charge on any atom is -0.337 e. The molecule has 0 aromatic heterocycles. The molecule has 2 atom stereocenters. The van der Waals surface area contributed by atoms with Crippen LogP contribution in [0.5, 0.6) is 0 Å². The molecular weight excluding hydrogens is 174 g/mol. The standard InChI is InChI=1S/C12H21NO/c1-8(2)10-6-11-4-5-12(7-10)13(11)9(3)14/h8,10-12H,4-7H2,1-3H3. The lowest BCUT2D eigenvalue weighted by molar-refractivity contribution is -0.134. The van der Waals surface area contributed by atoms with Gasteiger partial charge in [0.15, 0.2) is 0 Å². The Labute approximate surface area is 86.7 Å². The van der Waals surface area contributed by atoms with E-state index in [4.69, 9.17) is 0 Å². The van der Waals surface area contributed by atoms with Gasteiger partial charge >= 0.3 is 0 Å². The number of hydrogen-bond donors (Lipinski definition) is 0. The second kappa shape index (κ2) is 3.56. The summed E-state index contributed by atoms with van der Waals surface area (Å²) in [6.07, 6.45) is 4.97. The van der Waals surface area contributed by atoms with Gasteiger partial charge in [0.1, 0.15) is 0 Å². The Kier molecular flexibility index (Phi) is 2.54. The molecule has 0 aliphatic carbocycles. The van der Waals surface area contributed by atoms with Crippen LogP contribution in [0.15, 0.2) is 0 Å². The quantitative estimate of drug-likeness (QED) is 0.629. The number of nitrogens with zero attached hydrogens (tertiary/aromatic N) is 1. The van der Waals surface area contributed by atoms with Gasteiger partial charge in [-0.2, -0.15) is 0 Å². The Morgan fingerprint density at radius 3 is 2.07 bits per heavy atom. The van der Waals surface area contributed by atoms with E-state index in [0.29, 0.717) is 18.0 Å². The zero-order chi connectivity index (χ0) is 10.3. The number of rotatable bonds is 1. The van der Waals surface area contributed by atoms with Crippen molar-refractivity contribution < 1.29 is 4.79 Å². The maximum Gasteiger partial charge on any atom is 0.219 e. The van der Waals surface area contributed by atoms with Crippen LogP contribution in [0.2, 0.25) is 0 Å². The van der Waals surface area contributed by atoms with Crippen LogP contribution >= 0.6 is 0 Å². The van der Waals surface area contributed by atoms with Crippen molar-refractivity contribution in [2.45, 2.75) is 58.5 Å². The van der Waals surface area contributed by atoms with E-state index >= 15 is 0 Å². The van der Waals surface area contributed by atoms with Crippen LogP contribution in [0.1, 0.15) is 46.5 Å². The molecule has 0 saturated carbocycles. The predicted molar refractivity (Wildman–Crippen MR) is 56.9 cm³/mol. The van der Waals surface area contributed by atoms with Gasteiger partial charge in [-0.1, -0.05) is 13.8 Å². The van der Waals surface area contributed by atoms with Crippen LogP contribution in [0.3, 0.4) is 0 Å². The van der Waals surface area contributed by atoms with E-state index in [1.165, 1.54) is 25.7 Å². The number of piperidine rings is 1. The Balaban J connectivity index is 2.08. The molecule has 0 aromatic rings. The van der Waals surface area contributed by atoms with Crippen LogP contribution in [0.25, 0.3) is 0 Å². The molecule has 1 amide bonds. The first-order chi connectivity index (χ1) is 6.59. The lowest BCUT2D eigenvalue weighted by Gasteiger charge is -2.40. The first-order valence-corrected chi connectivity index (χ1v) is 5.88. The zero-order valence-corrected chi connectivity index (χ0v) is 9.49. The van der Waals surface area contributed by atoms with Gasteiger partial charge in [0, 0.05) is 19.0 Å².